The molecule has 35 heavy (non-hydrogen) atoms. The first-order valence-electron chi connectivity index (χ1n) is 12.0. The maximum atomic E-state index is 13.1. The highest BCUT2D eigenvalue weighted by molar-refractivity contribution is 6.45. The highest BCUT2D eigenvalue weighted by Crippen LogP contribution is 2.28. The molecule has 0 unspecified atom stereocenters. The van der Waals surface area contributed by atoms with Crippen molar-refractivity contribution in [1.29, 1.82) is 0 Å². The lowest BCUT2D eigenvalue weighted by Crippen LogP contribution is -2.37. The first-order valence-corrected chi connectivity index (χ1v) is 12.0. The Labute approximate surface area is 204 Å². The minimum Gasteiger partial charge on any atom is -0.493 e. The SMILES string of the molecule is CCOc1ccc(CNC(=O)C(=O)c2cn(CC(=O)N3CCCCC3)c3ccccc23)cc1OC. The molecule has 0 atom stereocenters. The molecule has 4 rings (SSSR count). The Bertz CT molecular complexity index is 1230. The summed E-state index contributed by atoms with van der Waals surface area (Å²) >= 11 is 0. The summed E-state index contributed by atoms with van der Waals surface area (Å²) in [5.74, 6) is -0.135. The fraction of sp³-hybridized carbons (Fsp3) is 0.370. The molecule has 8 heteroatoms. The molecule has 0 bridgehead atoms. The molecule has 1 aliphatic heterocycles. The summed E-state index contributed by atoms with van der Waals surface area (Å²) in [4.78, 5) is 40.5. The molecule has 2 aromatic carbocycles. The van der Waals surface area contributed by atoms with Crippen LogP contribution in [0.5, 0.6) is 11.5 Å². The zero-order valence-electron chi connectivity index (χ0n) is 20.2. The van der Waals surface area contributed by atoms with E-state index in [9.17, 15) is 14.4 Å². The summed E-state index contributed by atoms with van der Waals surface area (Å²) in [5.41, 5.74) is 1.82. The van der Waals surface area contributed by atoms with E-state index >= 15 is 0 Å². The van der Waals surface area contributed by atoms with Gasteiger partial charge in [0.2, 0.25) is 5.91 Å². The van der Waals surface area contributed by atoms with Gasteiger partial charge >= 0.3 is 0 Å². The molecule has 1 N–H and O–H groups in total. The Balaban J connectivity index is 1.48. The molecule has 2 heterocycles. The Hall–Kier alpha value is -3.81. The molecule has 184 valence electrons. The molecule has 0 saturated carbocycles. The molecule has 1 saturated heterocycles. The number of carbonyl (C=O) groups is 3. The Morgan fingerprint density at radius 1 is 1.00 bits per heavy atom. The van der Waals surface area contributed by atoms with Gasteiger partial charge in [0.15, 0.2) is 11.5 Å². The number of ketones is 1. The number of nitrogens with one attached hydrogen (secondary N) is 1. The van der Waals surface area contributed by atoms with Crippen LogP contribution in [0.3, 0.4) is 0 Å². The number of carbonyl (C=O) groups excluding carboxylic acids is 3. The quantitative estimate of drug-likeness (QED) is 0.376. The number of hydrogen-bond acceptors (Lipinski definition) is 5. The van der Waals surface area contributed by atoms with Crippen molar-refractivity contribution in [2.24, 2.45) is 0 Å². The second-order valence-corrected chi connectivity index (χ2v) is 8.56. The van der Waals surface area contributed by atoms with Crippen molar-refractivity contribution in [1.82, 2.24) is 14.8 Å². The number of likely N-dealkylation sites (tertiary alicyclic amines) is 1. The third kappa shape index (κ3) is 5.48. The van der Waals surface area contributed by atoms with Crippen LogP contribution in [0, 0.1) is 0 Å². The maximum absolute atomic E-state index is 13.1. The topological polar surface area (TPSA) is 89.9 Å². The molecule has 0 spiro atoms. The van der Waals surface area contributed by atoms with Crippen molar-refractivity contribution >= 4 is 28.5 Å². The molecule has 2 amide bonds. The first-order chi connectivity index (χ1) is 17.0. The fourth-order valence-electron chi connectivity index (χ4n) is 4.43. The lowest BCUT2D eigenvalue weighted by atomic mass is 10.1. The number of aromatic nitrogens is 1. The van der Waals surface area contributed by atoms with Gasteiger partial charge in [0, 0.05) is 36.7 Å². The van der Waals surface area contributed by atoms with E-state index in [2.05, 4.69) is 5.32 Å². The Morgan fingerprint density at radius 3 is 2.51 bits per heavy atom. The zero-order chi connectivity index (χ0) is 24.8. The normalized spacial score (nSPS) is 13.5. The van der Waals surface area contributed by atoms with E-state index in [-0.39, 0.29) is 24.6 Å². The number of rotatable bonds is 9. The summed E-state index contributed by atoms with van der Waals surface area (Å²) in [6, 6.07) is 12.7. The number of nitrogens with zero attached hydrogens (tertiary/aromatic N) is 2. The van der Waals surface area contributed by atoms with Gasteiger partial charge in [0.25, 0.3) is 11.7 Å². The van der Waals surface area contributed by atoms with Gasteiger partial charge in [-0.15, -0.1) is 0 Å². The minimum absolute atomic E-state index is 0.0263. The van der Waals surface area contributed by atoms with E-state index in [0.717, 1.165) is 43.4 Å². The van der Waals surface area contributed by atoms with Crippen LogP contribution in [0.15, 0.2) is 48.7 Å². The smallest absolute Gasteiger partial charge is 0.292 e. The van der Waals surface area contributed by atoms with Crippen LogP contribution < -0.4 is 14.8 Å². The lowest BCUT2D eigenvalue weighted by Gasteiger charge is -2.27. The van der Waals surface area contributed by atoms with E-state index < -0.39 is 11.7 Å². The standard InChI is InChI=1S/C27H31N3O5/c1-3-35-23-12-11-19(15-24(23)34-2)16-28-27(33)26(32)21-17-30(22-10-6-5-9-20(21)22)18-25(31)29-13-7-4-8-14-29/h5-6,9-12,15,17H,3-4,7-8,13-14,16,18H2,1-2H3,(H,28,33). The molecule has 1 fully saturated rings. The van der Waals surface area contributed by atoms with Gasteiger partial charge < -0.3 is 24.3 Å². The van der Waals surface area contributed by atoms with Crippen molar-refractivity contribution in [3.05, 3.63) is 59.8 Å². The van der Waals surface area contributed by atoms with E-state index in [4.69, 9.17) is 9.47 Å². The predicted octanol–water partition coefficient (Wildman–Crippen LogP) is 3.56. The molecular formula is C27H31N3O5. The largest absolute Gasteiger partial charge is 0.493 e. The number of ether oxygens (including phenoxy) is 2. The second-order valence-electron chi connectivity index (χ2n) is 8.56. The van der Waals surface area contributed by atoms with Crippen LogP contribution in [0.4, 0.5) is 0 Å². The van der Waals surface area contributed by atoms with Crippen molar-refractivity contribution < 1.29 is 23.9 Å². The van der Waals surface area contributed by atoms with Crippen LogP contribution >= 0.6 is 0 Å². The fourth-order valence-corrected chi connectivity index (χ4v) is 4.43. The number of methoxy groups -OCH3 is 1. The predicted molar refractivity (Wildman–Crippen MR) is 133 cm³/mol. The highest BCUT2D eigenvalue weighted by Gasteiger charge is 2.23. The average Bonchev–Trinajstić information content (AvgIpc) is 3.26. The van der Waals surface area contributed by atoms with Crippen LogP contribution in [-0.2, 0) is 22.7 Å². The lowest BCUT2D eigenvalue weighted by molar-refractivity contribution is -0.132. The van der Waals surface area contributed by atoms with E-state index in [1.54, 1.807) is 36.1 Å². The molecule has 3 aromatic rings. The third-order valence-electron chi connectivity index (χ3n) is 6.23. The van der Waals surface area contributed by atoms with Crippen molar-refractivity contribution in [3.8, 4) is 11.5 Å². The van der Waals surface area contributed by atoms with E-state index in [0.29, 0.717) is 23.5 Å². The van der Waals surface area contributed by atoms with E-state index in [1.165, 1.54) is 0 Å². The Kier molecular flexibility index (Phi) is 7.70. The average molecular weight is 478 g/mol. The molecule has 1 aliphatic rings. The summed E-state index contributed by atoms with van der Waals surface area (Å²) < 4.78 is 12.6. The third-order valence-corrected chi connectivity index (χ3v) is 6.23. The van der Waals surface area contributed by atoms with Crippen LogP contribution in [0.1, 0.15) is 42.1 Å². The molecular weight excluding hydrogens is 446 g/mol. The summed E-state index contributed by atoms with van der Waals surface area (Å²) in [7, 11) is 1.55. The number of benzene rings is 2. The summed E-state index contributed by atoms with van der Waals surface area (Å²) in [5, 5.41) is 3.35. The Morgan fingerprint density at radius 2 is 1.77 bits per heavy atom. The first kappa shape index (κ1) is 24.3. The number of piperidine rings is 1. The van der Waals surface area contributed by atoms with Crippen LogP contribution in [0.25, 0.3) is 10.9 Å². The molecule has 0 aliphatic carbocycles. The van der Waals surface area contributed by atoms with Crippen LogP contribution in [-0.4, -0.2) is 53.9 Å². The maximum Gasteiger partial charge on any atom is 0.292 e. The molecule has 1 aromatic heterocycles. The number of Topliss-reactive ketones (excluding diaryl/α,β-unsaturated/α-hetero) is 1. The van der Waals surface area contributed by atoms with Crippen molar-refractivity contribution in [2.75, 3.05) is 26.8 Å². The van der Waals surface area contributed by atoms with Gasteiger partial charge in [0.05, 0.1) is 19.3 Å². The van der Waals surface area contributed by atoms with Gasteiger partial charge in [0.1, 0.15) is 6.54 Å². The monoisotopic (exact) mass is 477 g/mol. The zero-order valence-corrected chi connectivity index (χ0v) is 20.2. The second kappa shape index (κ2) is 11.1. The number of amides is 2. The van der Waals surface area contributed by atoms with E-state index in [1.807, 2.05) is 36.1 Å². The van der Waals surface area contributed by atoms with Gasteiger partial charge in [-0.1, -0.05) is 24.3 Å². The van der Waals surface area contributed by atoms with Crippen molar-refractivity contribution in [2.45, 2.75) is 39.3 Å². The van der Waals surface area contributed by atoms with Gasteiger partial charge in [-0.05, 0) is 49.9 Å². The molecule has 0 radical (unpaired) electrons. The van der Waals surface area contributed by atoms with Gasteiger partial charge in [-0.25, -0.2) is 0 Å². The van der Waals surface area contributed by atoms with Gasteiger partial charge in [-0.2, -0.15) is 0 Å². The van der Waals surface area contributed by atoms with Gasteiger partial charge in [-0.3, -0.25) is 14.4 Å². The number of hydrogen-bond donors (Lipinski definition) is 1. The van der Waals surface area contributed by atoms with Crippen molar-refractivity contribution in [3.63, 3.8) is 0 Å². The van der Waals surface area contributed by atoms with Crippen LogP contribution in [0.2, 0.25) is 0 Å². The summed E-state index contributed by atoms with van der Waals surface area (Å²) in [6.07, 6.45) is 4.80. The molecule has 8 nitrogen and oxygen atoms in total. The highest BCUT2D eigenvalue weighted by atomic mass is 16.5. The number of fused-ring (bicyclic) bond motifs is 1. The summed E-state index contributed by atoms with van der Waals surface area (Å²) in [6.45, 7) is 4.24. The minimum atomic E-state index is -0.705. The number of para-hydroxylation sites is 1.